The second-order valence-electron chi connectivity index (χ2n) is 5.33. The maximum Gasteiger partial charge on any atom is 0.240 e. The number of benzene rings is 1. The fourth-order valence-electron chi connectivity index (χ4n) is 2.39. The third-order valence-electron chi connectivity index (χ3n) is 3.65. The minimum absolute atomic E-state index is 0.143. The van der Waals surface area contributed by atoms with Crippen molar-refractivity contribution in [1.29, 1.82) is 0 Å². The predicted octanol–water partition coefficient (Wildman–Crippen LogP) is 2.49. The molecule has 0 aliphatic carbocycles. The Labute approximate surface area is 145 Å². The zero-order valence-corrected chi connectivity index (χ0v) is 15.1. The van der Waals surface area contributed by atoms with Gasteiger partial charge in [-0.25, -0.2) is 13.1 Å². The molecule has 0 fully saturated rings. The topological polar surface area (TPSA) is 73.9 Å². The van der Waals surface area contributed by atoms with E-state index in [1.165, 1.54) is 12.1 Å². The molecule has 8 heteroatoms. The molecular formula is C16H19NO5S2. The first-order valence-corrected chi connectivity index (χ1v) is 9.78. The fraction of sp³-hybridized carbons (Fsp3) is 0.375. The van der Waals surface area contributed by atoms with Gasteiger partial charge in [0.1, 0.15) is 19.3 Å². The number of hydrogen-bond donors (Lipinski definition) is 1. The van der Waals surface area contributed by atoms with Gasteiger partial charge in [0.25, 0.3) is 0 Å². The van der Waals surface area contributed by atoms with Crippen LogP contribution in [-0.2, 0) is 14.8 Å². The third-order valence-corrected chi connectivity index (χ3v) is 6.16. The largest absolute Gasteiger partial charge is 0.486 e. The van der Waals surface area contributed by atoms with Gasteiger partial charge in [0.15, 0.2) is 11.5 Å². The van der Waals surface area contributed by atoms with E-state index in [4.69, 9.17) is 14.2 Å². The summed E-state index contributed by atoms with van der Waals surface area (Å²) in [6.45, 7) is 3.04. The van der Waals surface area contributed by atoms with Crippen molar-refractivity contribution < 1.29 is 22.6 Å². The average Bonchev–Trinajstić information content (AvgIpc) is 3.01. The van der Waals surface area contributed by atoms with E-state index in [0.29, 0.717) is 24.7 Å². The molecule has 1 aliphatic rings. The summed E-state index contributed by atoms with van der Waals surface area (Å²) >= 11 is 1.59. The quantitative estimate of drug-likeness (QED) is 0.847. The third kappa shape index (κ3) is 3.72. The van der Waals surface area contributed by atoms with E-state index in [1.54, 1.807) is 24.5 Å². The standard InChI is InChI=1S/C16H19NO5S2/c1-11-3-6-16(23-11)15(20-2)10-17-24(18,19)12-4-5-13-14(9-12)22-8-7-21-13/h3-6,9,15,17H,7-8,10H2,1-2H3/t15-/m0/s1. The van der Waals surface area contributed by atoms with E-state index >= 15 is 0 Å². The van der Waals surface area contributed by atoms with Crippen molar-refractivity contribution in [3.63, 3.8) is 0 Å². The molecule has 24 heavy (non-hydrogen) atoms. The summed E-state index contributed by atoms with van der Waals surface area (Å²) in [5.74, 6) is 1.00. The lowest BCUT2D eigenvalue weighted by Gasteiger charge is -2.19. The molecule has 0 radical (unpaired) electrons. The van der Waals surface area contributed by atoms with Crippen molar-refractivity contribution in [3.8, 4) is 11.5 Å². The summed E-state index contributed by atoms with van der Waals surface area (Å²) in [6, 6.07) is 8.54. The average molecular weight is 369 g/mol. The smallest absolute Gasteiger partial charge is 0.240 e. The number of rotatable bonds is 6. The van der Waals surface area contributed by atoms with E-state index in [-0.39, 0.29) is 17.5 Å². The fourth-order valence-corrected chi connectivity index (χ4v) is 4.39. The van der Waals surface area contributed by atoms with Gasteiger partial charge in [-0.2, -0.15) is 0 Å². The van der Waals surface area contributed by atoms with Crippen LogP contribution < -0.4 is 14.2 Å². The van der Waals surface area contributed by atoms with Gasteiger partial charge in [-0.3, -0.25) is 0 Å². The van der Waals surface area contributed by atoms with Crippen LogP contribution in [0.2, 0.25) is 0 Å². The number of aryl methyl sites for hydroxylation is 1. The Morgan fingerprint density at radius 1 is 1.21 bits per heavy atom. The molecule has 1 aromatic carbocycles. The summed E-state index contributed by atoms with van der Waals surface area (Å²) in [7, 11) is -2.09. The first-order chi connectivity index (χ1) is 11.5. The predicted molar refractivity (Wildman–Crippen MR) is 91.4 cm³/mol. The van der Waals surface area contributed by atoms with Crippen molar-refractivity contribution in [2.75, 3.05) is 26.9 Å². The molecule has 3 rings (SSSR count). The lowest BCUT2D eigenvalue weighted by atomic mass is 10.3. The van der Waals surface area contributed by atoms with Gasteiger partial charge >= 0.3 is 0 Å². The molecule has 0 unspecified atom stereocenters. The summed E-state index contributed by atoms with van der Waals surface area (Å²) in [4.78, 5) is 2.28. The number of nitrogens with one attached hydrogen (secondary N) is 1. The summed E-state index contributed by atoms with van der Waals surface area (Å²) in [5, 5.41) is 0. The van der Waals surface area contributed by atoms with Crippen LogP contribution in [0.25, 0.3) is 0 Å². The second-order valence-corrected chi connectivity index (χ2v) is 8.42. The lowest BCUT2D eigenvalue weighted by molar-refractivity contribution is 0.110. The summed E-state index contributed by atoms with van der Waals surface area (Å²) < 4.78 is 43.9. The maximum atomic E-state index is 12.5. The Bertz CT molecular complexity index is 816. The van der Waals surface area contributed by atoms with Gasteiger partial charge < -0.3 is 14.2 Å². The summed E-state index contributed by atoms with van der Waals surface area (Å²) in [5.41, 5.74) is 0. The van der Waals surface area contributed by atoms with Crippen LogP contribution in [0.4, 0.5) is 0 Å². The molecule has 1 aromatic heterocycles. The molecule has 2 heterocycles. The molecule has 1 aliphatic heterocycles. The van der Waals surface area contributed by atoms with E-state index in [1.807, 2.05) is 19.1 Å². The van der Waals surface area contributed by atoms with Gasteiger partial charge in [0.05, 0.1) is 4.90 Å². The van der Waals surface area contributed by atoms with Crippen LogP contribution in [0.1, 0.15) is 15.9 Å². The van der Waals surface area contributed by atoms with Crippen molar-refractivity contribution in [2.24, 2.45) is 0 Å². The number of fused-ring (bicyclic) bond motifs is 1. The number of ether oxygens (including phenoxy) is 3. The normalized spacial score (nSPS) is 15.2. The zero-order valence-electron chi connectivity index (χ0n) is 13.4. The Morgan fingerprint density at radius 3 is 2.62 bits per heavy atom. The van der Waals surface area contributed by atoms with E-state index < -0.39 is 10.0 Å². The number of methoxy groups -OCH3 is 1. The van der Waals surface area contributed by atoms with Crippen LogP contribution in [0.5, 0.6) is 11.5 Å². The zero-order chi connectivity index (χ0) is 17.2. The van der Waals surface area contributed by atoms with Gasteiger partial charge in [0.2, 0.25) is 10.0 Å². The first kappa shape index (κ1) is 17.2. The van der Waals surface area contributed by atoms with Crippen LogP contribution in [0.15, 0.2) is 35.2 Å². The maximum absolute atomic E-state index is 12.5. The Hall–Kier alpha value is -1.61. The number of hydrogen-bond acceptors (Lipinski definition) is 6. The van der Waals surface area contributed by atoms with Crippen LogP contribution in [0.3, 0.4) is 0 Å². The van der Waals surface area contributed by atoms with Gasteiger partial charge in [-0.05, 0) is 31.2 Å². The summed E-state index contributed by atoms with van der Waals surface area (Å²) in [6.07, 6.45) is -0.323. The molecule has 130 valence electrons. The van der Waals surface area contributed by atoms with Crippen LogP contribution in [0, 0.1) is 6.92 Å². The highest BCUT2D eigenvalue weighted by molar-refractivity contribution is 7.89. The molecule has 6 nitrogen and oxygen atoms in total. The number of sulfonamides is 1. The Morgan fingerprint density at radius 2 is 1.96 bits per heavy atom. The molecule has 1 atom stereocenters. The van der Waals surface area contributed by atoms with Crippen LogP contribution in [-0.4, -0.2) is 35.3 Å². The van der Waals surface area contributed by atoms with Crippen molar-refractivity contribution in [1.82, 2.24) is 4.72 Å². The molecule has 1 N–H and O–H groups in total. The first-order valence-electron chi connectivity index (χ1n) is 7.48. The lowest BCUT2D eigenvalue weighted by Crippen LogP contribution is -2.29. The molecule has 0 amide bonds. The van der Waals surface area contributed by atoms with E-state index in [9.17, 15) is 8.42 Å². The molecule has 2 aromatic rings. The minimum atomic E-state index is -3.66. The Kier molecular flexibility index (Phi) is 5.09. The number of thiophene rings is 1. The van der Waals surface area contributed by atoms with Crippen molar-refractivity contribution in [2.45, 2.75) is 17.9 Å². The molecule has 0 bridgehead atoms. The minimum Gasteiger partial charge on any atom is -0.486 e. The Balaban J connectivity index is 1.73. The van der Waals surface area contributed by atoms with Crippen molar-refractivity contribution in [3.05, 3.63) is 40.1 Å². The van der Waals surface area contributed by atoms with E-state index in [0.717, 1.165) is 9.75 Å². The van der Waals surface area contributed by atoms with Crippen molar-refractivity contribution >= 4 is 21.4 Å². The highest BCUT2D eigenvalue weighted by atomic mass is 32.2. The second kappa shape index (κ2) is 7.10. The van der Waals surface area contributed by atoms with Gasteiger partial charge in [-0.15, -0.1) is 11.3 Å². The highest BCUT2D eigenvalue weighted by Crippen LogP contribution is 2.32. The molecule has 0 spiro atoms. The van der Waals surface area contributed by atoms with Gasteiger partial charge in [0, 0.05) is 29.5 Å². The van der Waals surface area contributed by atoms with Crippen LogP contribution >= 0.6 is 11.3 Å². The van der Waals surface area contributed by atoms with Gasteiger partial charge in [-0.1, -0.05) is 0 Å². The monoisotopic (exact) mass is 369 g/mol. The molecule has 0 saturated carbocycles. The van der Waals surface area contributed by atoms with E-state index in [2.05, 4.69) is 4.72 Å². The molecular weight excluding hydrogens is 350 g/mol. The molecule has 0 saturated heterocycles. The SMILES string of the molecule is CO[C@@H](CNS(=O)(=O)c1ccc2c(c1)OCCO2)c1ccc(C)s1. The highest BCUT2D eigenvalue weighted by Gasteiger charge is 2.21.